The SMILES string of the molecule is O=C(NC(c1ccccc1)c1ccco1)c1ccccc1. The maximum atomic E-state index is 12.4. The zero-order valence-electron chi connectivity index (χ0n) is 11.4. The molecule has 0 aliphatic heterocycles. The van der Waals surface area contributed by atoms with Gasteiger partial charge in [-0.05, 0) is 29.8 Å². The summed E-state index contributed by atoms with van der Waals surface area (Å²) in [6.45, 7) is 0. The van der Waals surface area contributed by atoms with Gasteiger partial charge in [0.2, 0.25) is 0 Å². The van der Waals surface area contributed by atoms with Gasteiger partial charge in [-0.3, -0.25) is 4.79 Å². The first-order valence-electron chi connectivity index (χ1n) is 6.79. The predicted octanol–water partition coefficient (Wildman–Crippen LogP) is 3.80. The summed E-state index contributed by atoms with van der Waals surface area (Å²) >= 11 is 0. The van der Waals surface area contributed by atoms with Crippen molar-refractivity contribution < 1.29 is 9.21 Å². The minimum atomic E-state index is -0.297. The second-order valence-electron chi connectivity index (χ2n) is 4.70. The van der Waals surface area contributed by atoms with Crippen LogP contribution in [-0.2, 0) is 0 Å². The molecule has 1 heterocycles. The van der Waals surface area contributed by atoms with Gasteiger partial charge in [-0.1, -0.05) is 48.5 Å². The Kier molecular flexibility index (Phi) is 3.83. The zero-order valence-corrected chi connectivity index (χ0v) is 11.4. The summed E-state index contributed by atoms with van der Waals surface area (Å²) in [5, 5.41) is 3.02. The number of hydrogen-bond donors (Lipinski definition) is 1. The molecule has 0 fully saturated rings. The molecule has 104 valence electrons. The van der Waals surface area contributed by atoms with E-state index in [1.807, 2.05) is 60.7 Å². The van der Waals surface area contributed by atoms with Crippen LogP contribution in [0.5, 0.6) is 0 Å². The number of carbonyl (C=O) groups is 1. The standard InChI is InChI=1S/C18H15NO2/c20-18(15-10-5-2-6-11-15)19-17(16-12-7-13-21-16)14-8-3-1-4-9-14/h1-13,17H,(H,19,20). The smallest absolute Gasteiger partial charge is 0.252 e. The molecule has 0 bridgehead atoms. The lowest BCUT2D eigenvalue weighted by Crippen LogP contribution is -2.29. The molecule has 1 amide bonds. The van der Waals surface area contributed by atoms with Crippen LogP contribution >= 0.6 is 0 Å². The number of hydrogen-bond acceptors (Lipinski definition) is 2. The van der Waals surface area contributed by atoms with E-state index < -0.39 is 0 Å². The maximum Gasteiger partial charge on any atom is 0.252 e. The van der Waals surface area contributed by atoms with Crippen molar-refractivity contribution in [2.45, 2.75) is 6.04 Å². The Labute approximate surface area is 123 Å². The first kappa shape index (κ1) is 13.2. The Hall–Kier alpha value is -2.81. The Morgan fingerprint density at radius 2 is 1.52 bits per heavy atom. The molecule has 0 aliphatic carbocycles. The number of benzene rings is 2. The number of carbonyl (C=O) groups excluding carboxylic acids is 1. The lowest BCUT2D eigenvalue weighted by Gasteiger charge is -2.17. The monoisotopic (exact) mass is 277 g/mol. The largest absolute Gasteiger partial charge is 0.467 e. The summed E-state index contributed by atoms with van der Waals surface area (Å²) in [5.74, 6) is 0.589. The van der Waals surface area contributed by atoms with Gasteiger partial charge in [-0.2, -0.15) is 0 Å². The molecular formula is C18H15NO2. The maximum absolute atomic E-state index is 12.4. The van der Waals surface area contributed by atoms with Crippen molar-refractivity contribution in [3.8, 4) is 0 Å². The Bertz CT molecular complexity index is 691. The summed E-state index contributed by atoms with van der Waals surface area (Å²) in [6, 6.07) is 22.3. The molecule has 0 radical (unpaired) electrons. The van der Waals surface area contributed by atoms with Gasteiger partial charge in [0.15, 0.2) is 0 Å². The third-order valence-electron chi connectivity index (χ3n) is 3.27. The molecule has 1 unspecified atom stereocenters. The van der Waals surface area contributed by atoms with Gasteiger partial charge in [0.1, 0.15) is 11.8 Å². The van der Waals surface area contributed by atoms with E-state index in [2.05, 4.69) is 5.32 Å². The summed E-state index contributed by atoms with van der Waals surface area (Å²) in [7, 11) is 0. The molecule has 0 aliphatic rings. The molecule has 21 heavy (non-hydrogen) atoms. The number of nitrogens with one attached hydrogen (secondary N) is 1. The summed E-state index contributed by atoms with van der Waals surface area (Å²) in [4.78, 5) is 12.4. The fourth-order valence-electron chi connectivity index (χ4n) is 2.22. The summed E-state index contributed by atoms with van der Waals surface area (Å²) < 4.78 is 5.47. The van der Waals surface area contributed by atoms with Crippen LogP contribution in [0.15, 0.2) is 83.5 Å². The minimum Gasteiger partial charge on any atom is -0.467 e. The van der Waals surface area contributed by atoms with E-state index in [4.69, 9.17) is 4.42 Å². The average Bonchev–Trinajstić information content (AvgIpc) is 3.08. The van der Waals surface area contributed by atoms with Gasteiger partial charge in [0, 0.05) is 5.56 Å². The Balaban J connectivity index is 1.89. The molecular weight excluding hydrogens is 262 g/mol. The van der Waals surface area contributed by atoms with E-state index in [1.54, 1.807) is 18.4 Å². The fourth-order valence-corrected chi connectivity index (χ4v) is 2.22. The van der Waals surface area contributed by atoms with E-state index in [0.717, 1.165) is 5.56 Å². The minimum absolute atomic E-state index is 0.124. The van der Waals surface area contributed by atoms with E-state index >= 15 is 0 Å². The molecule has 0 saturated carbocycles. The topological polar surface area (TPSA) is 42.2 Å². The average molecular weight is 277 g/mol. The predicted molar refractivity (Wildman–Crippen MR) is 80.9 cm³/mol. The van der Waals surface area contributed by atoms with Crippen molar-refractivity contribution in [2.75, 3.05) is 0 Å². The van der Waals surface area contributed by atoms with Crippen LogP contribution in [0, 0.1) is 0 Å². The van der Waals surface area contributed by atoms with Crippen molar-refractivity contribution in [3.05, 3.63) is 95.9 Å². The highest BCUT2D eigenvalue weighted by atomic mass is 16.3. The lowest BCUT2D eigenvalue weighted by atomic mass is 10.0. The van der Waals surface area contributed by atoms with Gasteiger partial charge in [-0.15, -0.1) is 0 Å². The zero-order chi connectivity index (χ0) is 14.5. The number of amides is 1. The third kappa shape index (κ3) is 3.03. The molecule has 2 aromatic carbocycles. The van der Waals surface area contributed by atoms with Gasteiger partial charge < -0.3 is 9.73 Å². The highest BCUT2D eigenvalue weighted by Gasteiger charge is 2.19. The quantitative estimate of drug-likeness (QED) is 0.788. The van der Waals surface area contributed by atoms with Crippen molar-refractivity contribution in [1.82, 2.24) is 5.32 Å². The summed E-state index contributed by atoms with van der Waals surface area (Å²) in [6.07, 6.45) is 1.61. The Morgan fingerprint density at radius 3 is 2.14 bits per heavy atom. The molecule has 3 aromatic rings. The lowest BCUT2D eigenvalue weighted by molar-refractivity contribution is 0.0939. The molecule has 3 nitrogen and oxygen atoms in total. The molecule has 0 saturated heterocycles. The first-order chi connectivity index (χ1) is 10.3. The van der Waals surface area contributed by atoms with Gasteiger partial charge in [-0.25, -0.2) is 0 Å². The number of rotatable bonds is 4. The van der Waals surface area contributed by atoms with Crippen LogP contribution in [0.3, 0.4) is 0 Å². The van der Waals surface area contributed by atoms with E-state index in [9.17, 15) is 4.79 Å². The molecule has 3 rings (SSSR count). The van der Waals surface area contributed by atoms with Crippen LogP contribution in [0.1, 0.15) is 27.7 Å². The van der Waals surface area contributed by atoms with Crippen LogP contribution < -0.4 is 5.32 Å². The summed E-state index contributed by atoms with van der Waals surface area (Å²) in [5.41, 5.74) is 1.61. The molecule has 1 atom stereocenters. The van der Waals surface area contributed by atoms with Gasteiger partial charge in [0.25, 0.3) is 5.91 Å². The van der Waals surface area contributed by atoms with E-state index in [0.29, 0.717) is 11.3 Å². The highest BCUT2D eigenvalue weighted by Crippen LogP contribution is 2.22. The molecule has 1 N–H and O–H groups in total. The van der Waals surface area contributed by atoms with Crippen LogP contribution in [0.25, 0.3) is 0 Å². The second kappa shape index (κ2) is 6.09. The molecule has 0 spiro atoms. The van der Waals surface area contributed by atoms with E-state index in [1.165, 1.54) is 0 Å². The normalized spacial score (nSPS) is 11.8. The first-order valence-corrected chi connectivity index (χ1v) is 6.79. The molecule has 1 aromatic heterocycles. The van der Waals surface area contributed by atoms with Gasteiger partial charge in [0.05, 0.1) is 6.26 Å². The van der Waals surface area contributed by atoms with Crippen molar-refractivity contribution >= 4 is 5.91 Å². The van der Waals surface area contributed by atoms with Gasteiger partial charge >= 0.3 is 0 Å². The highest BCUT2D eigenvalue weighted by molar-refractivity contribution is 5.94. The number of furan rings is 1. The Morgan fingerprint density at radius 1 is 0.857 bits per heavy atom. The van der Waals surface area contributed by atoms with Crippen molar-refractivity contribution in [1.29, 1.82) is 0 Å². The van der Waals surface area contributed by atoms with Crippen LogP contribution in [-0.4, -0.2) is 5.91 Å². The van der Waals surface area contributed by atoms with Crippen molar-refractivity contribution in [3.63, 3.8) is 0 Å². The van der Waals surface area contributed by atoms with E-state index in [-0.39, 0.29) is 11.9 Å². The second-order valence-corrected chi connectivity index (χ2v) is 4.70. The third-order valence-corrected chi connectivity index (χ3v) is 3.27. The van der Waals surface area contributed by atoms with Crippen LogP contribution in [0.2, 0.25) is 0 Å². The fraction of sp³-hybridized carbons (Fsp3) is 0.0556. The molecule has 3 heteroatoms. The van der Waals surface area contributed by atoms with Crippen LogP contribution in [0.4, 0.5) is 0 Å². The van der Waals surface area contributed by atoms with Crippen molar-refractivity contribution in [2.24, 2.45) is 0 Å².